The Balaban J connectivity index is 2.05. The van der Waals surface area contributed by atoms with E-state index in [1.807, 2.05) is 0 Å². The highest BCUT2D eigenvalue weighted by molar-refractivity contribution is 6.31. The predicted octanol–water partition coefficient (Wildman–Crippen LogP) is 4.07. The maximum Gasteiger partial charge on any atom is 0.246 e. The van der Waals surface area contributed by atoms with Crippen LogP contribution in [-0.4, -0.2) is 11.8 Å². The van der Waals surface area contributed by atoms with E-state index in [0.29, 0.717) is 21.4 Å². The van der Waals surface area contributed by atoms with Crippen molar-refractivity contribution in [1.82, 2.24) is 0 Å². The normalized spacial score (nSPS) is 15.4. The molecule has 1 heterocycles. The maximum absolute atomic E-state index is 12.3. The fraction of sp³-hybridized carbons (Fsp3) is 0.125. The first-order chi connectivity index (χ1) is 10.6. The first-order valence-corrected chi connectivity index (χ1v) is 7.49. The summed E-state index contributed by atoms with van der Waals surface area (Å²) in [5, 5.41) is 3.90. The lowest BCUT2D eigenvalue weighted by Gasteiger charge is -2.38. The van der Waals surface area contributed by atoms with Crippen LogP contribution in [0.25, 0.3) is 0 Å². The van der Waals surface area contributed by atoms with Gasteiger partial charge in [0.25, 0.3) is 0 Å². The van der Waals surface area contributed by atoms with Crippen molar-refractivity contribution in [2.24, 2.45) is 0 Å². The second-order valence-electron chi connectivity index (χ2n) is 4.86. The number of amides is 2. The summed E-state index contributed by atoms with van der Waals surface area (Å²) in [4.78, 5) is 24.7. The smallest absolute Gasteiger partial charge is 0.246 e. The summed E-state index contributed by atoms with van der Waals surface area (Å²) >= 11 is 11.8. The van der Waals surface area contributed by atoms with E-state index < -0.39 is 0 Å². The molecule has 2 aromatic rings. The fourth-order valence-electron chi connectivity index (χ4n) is 2.33. The summed E-state index contributed by atoms with van der Waals surface area (Å²) in [6.45, 7) is 0. The van der Waals surface area contributed by atoms with Crippen LogP contribution >= 0.6 is 23.2 Å². The fourth-order valence-corrected chi connectivity index (χ4v) is 2.58. The number of hydrogen-bond donors (Lipinski definition) is 0. The van der Waals surface area contributed by atoms with Gasteiger partial charge in [0.15, 0.2) is 0 Å². The highest BCUT2D eigenvalue weighted by atomic mass is 35.5. The Morgan fingerprint density at radius 1 is 0.636 bits per heavy atom. The molecule has 1 fully saturated rings. The van der Waals surface area contributed by atoms with Gasteiger partial charge < -0.3 is 0 Å². The highest BCUT2D eigenvalue weighted by Gasteiger charge is 2.33. The van der Waals surface area contributed by atoms with E-state index in [4.69, 9.17) is 23.2 Å². The Kier molecular flexibility index (Phi) is 4.05. The molecule has 4 nitrogen and oxygen atoms in total. The van der Waals surface area contributed by atoms with Gasteiger partial charge in [-0.1, -0.05) is 23.2 Å². The van der Waals surface area contributed by atoms with Crippen LogP contribution in [0.15, 0.2) is 48.5 Å². The summed E-state index contributed by atoms with van der Waals surface area (Å²) in [6.07, 6.45) is 0.372. The molecular weight excluding hydrogens is 323 g/mol. The molecule has 1 aliphatic heterocycles. The number of nitrogens with zero attached hydrogens (tertiary/aromatic N) is 2. The minimum Gasteiger partial charge on any atom is -0.273 e. The zero-order valence-corrected chi connectivity index (χ0v) is 13.0. The third-order valence-corrected chi connectivity index (χ3v) is 3.87. The second kappa shape index (κ2) is 5.99. The molecule has 0 atom stereocenters. The van der Waals surface area contributed by atoms with Gasteiger partial charge in [-0.2, -0.15) is 0 Å². The highest BCUT2D eigenvalue weighted by Crippen LogP contribution is 2.29. The summed E-state index contributed by atoms with van der Waals surface area (Å²) in [6, 6.07) is 13.6. The quantitative estimate of drug-likeness (QED) is 0.830. The van der Waals surface area contributed by atoms with Crippen LogP contribution in [0, 0.1) is 0 Å². The molecule has 1 saturated heterocycles. The summed E-state index contributed by atoms with van der Waals surface area (Å²) in [7, 11) is 0. The number of benzene rings is 2. The van der Waals surface area contributed by atoms with Gasteiger partial charge >= 0.3 is 0 Å². The van der Waals surface area contributed by atoms with Crippen molar-refractivity contribution in [3.05, 3.63) is 58.6 Å². The lowest BCUT2D eigenvalue weighted by molar-refractivity contribution is -0.128. The summed E-state index contributed by atoms with van der Waals surface area (Å²) in [5.41, 5.74) is 1.19. The van der Waals surface area contributed by atoms with Gasteiger partial charge in [0, 0.05) is 22.9 Å². The average molecular weight is 335 g/mol. The van der Waals surface area contributed by atoms with Crippen LogP contribution in [-0.2, 0) is 9.59 Å². The SMILES string of the molecule is O=C1CCC(=O)N(c2ccc(Cl)cc2)N1c1ccc(Cl)cc1. The van der Waals surface area contributed by atoms with Gasteiger partial charge in [0.05, 0.1) is 11.4 Å². The standard InChI is InChI=1S/C16H12Cl2N2O2/c17-11-1-5-13(6-2-11)19-15(21)9-10-16(22)20(19)14-7-3-12(18)4-8-14/h1-8H,9-10H2. The van der Waals surface area contributed by atoms with Crippen LogP contribution in [0.1, 0.15) is 12.8 Å². The van der Waals surface area contributed by atoms with Gasteiger partial charge in [-0.15, -0.1) is 0 Å². The number of hydrazine groups is 1. The molecule has 0 spiro atoms. The maximum atomic E-state index is 12.3. The number of halogens is 2. The van der Waals surface area contributed by atoms with Crippen molar-refractivity contribution in [2.45, 2.75) is 12.8 Å². The third kappa shape index (κ3) is 2.80. The van der Waals surface area contributed by atoms with Gasteiger partial charge in [0.2, 0.25) is 11.8 Å². The predicted molar refractivity (Wildman–Crippen MR) is 87.1 cm³/mol. The molecule has 0 saturated carbocycles. The lowest BCUT2D eigenvalue weighted by atomic mass is 10.2. The molecule has 0 N–H and O–H groups in total. The zero-order valence-electron chi connectivity index (χ0n) is 11.5. The third-order valence-electron chi connectivity index (χ3n) is 3.37. The number of rotatable bonds is 2. The molecular formula is C16H12Cl2N2O2. The van der Waals surface area contributed by atoms with Crippen LogP contribution in [0.2, 0.25) is 10.0 Å². The number of hydrogen-bond acceptors (Lipinski definition) is 2. The molecule has 0 radical (unpaired) electrons. The molecule has 22 heavy (non-hydrogen) atoms. The van der Waals surface area contributed by atoms with E-state index in [2.05, 4.69) is 0 Å². The first kappa shape index (κ1) is 14.9. The summed E-state index contributed by atoms with van der Waals surface area (Å²) < 4.78 is 0. The van der Waals surface area contributed by atoms with Crippen molar-refractivity contribution in [3.63, 3.8) is 0 Å². The molecule has 2 aromatic carbocycles. The first-order valence-electron chi connectivity index (χ1n) is 6.73. The van der Waals surface area contributed by atoms with Crippen LogP contribution in [0.3, 0.4) is 0 Å². The molecule has 0 bridgehead atoms. The molecule has 0 aliphatic carbocycles. The monoisotopic (exact) mass is 334 g/mol. The lowest BCUT2D eigenvalue weighted by Crippen LogP contribution is -2.54. The molecule has 0 aromatic heterocycles. The number of anilines is 2. The zero-order chi connectivity index (χ0) is 15.7. The Labute approximate surface area is 137 Å². The van der Waals surface area contributed by atoms with Crippen molar-refractivity contribution >= 4 is 46.4 Å². The Morgan fingerprint density at radius 3 is 1.27 bits per heavy atom. The number of carbonyl (C=O) groups is 2. The van der Waals surface area contributed by atoms with Crippen molar-refractivity contribution in [3.8, 4) is 0 Å². The number of carbonyl (C=O) groups excluding carboxylic acids is 2. The largest absolute Gasteiger partial charge is 0.273 e. The van der Waals surface area contributed by atoms with Gasteiger partial charge in [-0.25, -0.2) is 10.0 Å². The summed E-state index contributed by atoms with van der Waals surface area (Å²) in [5.74, 6) is -0.284. The molecule has 112 valence electrons. The van der Waals surface area contributed by atoms with Crippen molar-refractivity contribution < 1.29 is 9.59 Å². The minimum atomic E-state index is -0.142. The van der Waals surface area contributed by atoms with Gasteiger partial charge in [-0.3, -0.25) is 9.59 Å². The molecule has 1 aliphatic rings. The van der Waals surface area contributed by atoms with E-state index in [-0.39, 0.29) is 24.7 Å². The van der Waals surface area contributed by atoms with E-state index >= 15 is 0 Å². The van der Waals surface area contributed by atoms with E-state index in [9.17, 15) is 9.59 Å². The molecule has 3 rings (SSSR count). The van der Waals surface area contributed by atoms with E-state index in [0.717, 1.165) is 0 Å². The van der Waals surface area contributed by atoms with Crippen LogP contribution < -0.4 is 10.0 Å². The Morgan fingerprint density at radius 2 is 0.955 bits per heavy atom. The van der Waals surface area contributed by atoms with Gasteiger partial charge in [0.1, 0.15) is 0 Å². The minimum absolute atomic E-state index is 0.142. The second-order valence-corrected chi connectivity index (χ2v) is 5.74. The molecule has 6 heteroatoms. The van der Waals surface area contributed by atoms with E-state index in [1.54, 1.807) is 48.5 Å². The van der Waals surface area contributed by atoms with Crippen LogP contribution in [0.4, 0.5) is 11.4 Å². The van der Waals surface area contributed by atoms with Crippen molar-refractivity contribution in [2.75, 3.05) is 10.0 Å². The topological polar surface area (TPSA) is 40.6 Å². The average Bonchev–Trinajstić information content (AvgIpc) is 2.51. The Bertz CT molecular complexity index is 650. The van der Waals surface area contributed by atoms with Crippen molar-refractivity contribution in [1.29, 1.82) is 0 Å². The van der Waals surface area contributed by atoms with Gasteiger partial charge in [-0.05, 0) is 48.5 Å². The van der Waals surface area contributed by atoms with Crippen LogP contribution in [0.5, 0.6) is 0 Å². The Hall–Kier alpha value is -2.04. The molecule has 2 amide bonds. The molecule has 0 unspecified atom stereocenters. The van der Waals surface area contributed by atoms with E-state index in [1.165, 1.54) is 10.0 Å².